The number of piperidine rings is 1. The topological polar surface area (TPSA) is 117 Å². The van der Waals surface area contributed by atoms with Gasteiger partial charge in [0, 0.05) is 32.0 Å². The molecular formula is C22H26FN5O4S. The van der Waals surface area contributed by atoms with Crippen molar-refractivity contribution < 1.29 is 22.8 Å². The highest BCUT2D eigenvalue weighted by Crippen LogP contribution is 2.29. The van der Waals surface area contributed by atoms with Crippen LogP contribution in [0.5, 0.6) is 0 Å². The molecule has 0 bridgehead atoms. The second-order valence-electron chi connectivity index (χ2n) is 8.33. The zero-order valence-corrected chi connectivity index (χ0v) is 19.3. The van der Waals surface area contributed by atoms with Crippen LogP contribution in [0.15, 0.2) is 29.4 Å². The third kappa shape index (κ3) is 5.60. The first-order valence-corrected chi connectivity index (χ1v) is 11.8. The van der Waals surface area contributed by atoms with Gasteiger partial charge in [0.05, 0.1) is 5.69 Å². The Bertz CT molecular complexity index is 1100. The molecule has 1 saturated heterocycles. The van der Waals surface area contributed by atoms with Crippen molar-refractivity contribution in [2.24, 2.45) is 11.1 Å². The van der Waals surface area contributed by atoms with Crippen molar-refractivity contribution in [2.45, 2.75) is 45.8 Å². The van der Waals surface area contributed by atoms with Crippen LogP contribution in [0.1, 0.15) is 52.4 Å². The number of nitrogens with zero attached hydrogens (tertiary/aromatic N) is 4. The molecule has 1 aromatic carbocycles. The number of amides is 1. The van der Waals surface area contributed by atoms with Crippen molar-refractivity contribution in [1.82, 2.24) is 19.6 Å². The van der Waals surface area contributed by atoms with Crippen molar-refractivity contribution >= 4 is 22.9 Å². The van der Waals surface area contributed by atoms with Crippen LogP contribution in [-0.4, -0.2) is 53.8 Å². The Hall–Kier alpha value is -2.76. The molecule has 0 aliphatic carbocycles. The molecule has 1 aromatic heterocycles. The molecule has 11 heteroatoms. The molecule has 33 heavy (non-hydrogen) atoms. The van der Waals surface area contributed by atoms with Crippen LogP contribution in [0.2, 0.25) is 0 Å². The second-order valence-corrected chi connectivity index (χ2v) is 9.31. The van der Waals surface area contributed by atoms with E-state index in [0.29, 0.717) is 42.3 Å². The van der Waals surface area contributed by atoms with Gasteiger partial charge in [-0.15, -0.1) is 0 Å². The van der Waals surface area contributed by atoms with E-state index < -0.39 is 11.3 Å². The van der Waals surface area contributed by atoms with E-state index in [1.165, 1.54) is 10.4 Å². The number of benzene rings is 1. The van der Waals surface area contributed by atoms with E-state index in [4.69, 9.17) is 4.84 Å². The zero-order chi connectivity index (χ0) is 23.5. The average molecular weight is 476 g/mol. The first-order chi connectivity index (χ1) is 15.8. The summed E-state index contributed by atoms with van der Waals surface area (Å²) in [5.41, 5.74) is 2.73. The van der Waals surface area contributed by atoms with E-state index in [2.05, 4.69) is 20.4 Å². The Morgan fingerprint density at radius 2 is 2.03 bits per heavy atom. The highest BCUT2D eigenvalue weighted by Gasteiger charge is 2.34. The fourth-order valence-corrected chi connectivity index (χ4v) is 4.65. The van der Waals surface area contributed by atoms with Gasteiger partial charge in [-0.05, 0) is 49.9 Å². The van der Waals surface area contributed by atoms with E-state index in [1.807, 2.05) is 0 Å². The van der Waals surface area contributed by atoms with Crippen LogP contribution in [0.25, 0.3) is 0 Å². The summed E-state index contributed by atoms with van der Waals surface area (Å²) in [7, 11) is 0. The van der Waals surface area contributed by atoms with Gasteiger partial charge in [-0.1, -0.05) is 17.3 Å². The molecule has 0 saturated carbocycles. The molecule has 0 radical (unpaired) electrons. The van der Waals surface area contributed by atoms with E-state index >= 15 is 0 Å². The van der Waals surface area contributed by atoms with Crippen molar-refractivity contribution in [3.8, 4) is 0 Å². The van der Waals surface area contributed by atoms with Crippen LogP contribution in [-0.2, 0) is 22.6 Å². The van der Waals surface area contributed by atoms with Crippen LogP contribution in [0.4, 0.5) is 4.39 Å². The molecule has 2 aliphatic rings. The summed E-state index contributed by atoms with van der Waals surface area (Å²) in [5, 5.41) is 7.01. The van der Waals surface area contributed by atoms with Gasteiger partial charge in [0.1, 0.15) is 29.2 Å². The normalized spacial score (nSPS) is 20.2. The van der Waals surface area contributed by atoms with Gasteiger partial charge in [0.25, 0.3) is 5.91 Å². The van der Waals surface area contributed by atoms with Crippen molar-refractivity contribution in [3.05, 3.63) is 58.4 Å². The zero-order valence-electron chi connectivity index (χ0n) is 18.5. The van der Waals surface area contributed by atoms with Crippen molar-refractivity contribution in [2.75, 3.05) is 13.1 Å². The lowest BCUT2D eigenvalue weighted by Gasteiger charge is -2.31. The molecule has 1 amide bonds. The number of oxime groups is 1. The molecule has 4 rings (SSSR count). The lowest BCUT2D eigenvalue weighted by Crippen LogP contribution is -2.38. The number of rotatable bonds is 6. The van der Waals surface area contributed by atoms with Crippen LogP contribution in [0, 0.1) is 25.6 Å². The first kappa shape index (κ1) is 23.4. The summed E-state index contributed by atoms with van der Waals surface area (Å²) in [6.07, 6.45) is 1.93. The lowest BCUT2D eigenvalue weighted by atomic mass is 9.89. The number of nitrogens with one attached hydrogen (secondary N) is 1. The quantitative estimate of drug-likeness (QED) is 0.620. The van der Waals surface area contributed by atoms with Gasteiger partial charge < -0.3 is 10.2 Å². The molecule has 2 aromatic rings. The molecule has 9 nitrogen and oxygen atoms in total. The summed E-state index contributed by atoms with van der Waals surface area (Å²) in [4.78, 5) is 27.0. The van der Waals surface area contributed by atoms with Crippen molar-refractivity contribution in [1.29, 1.82) is 0 Å². The number of hydrogen-bond acceptors (Lipinski definition) is 6. The fraction of sp³-hybridized carbons (Fsp3) is 0.455. The van der Waals surface area contributed by atoms with E-state index in [1.54, 1.807) is 32.0 Å². The summed E-state index contributed by atoms with van der Waals surface area (Å²) in [6.45, 7) is 4.71. The SMILES string of the molecule is Cc1nc(C(=O)NCc2ccc(F)c(C)c2)cc(C2=NOC(C3CCN(S(=O)O)CC3)C2)n1. The molecular weight excluding hydrogens is 449 g/mol. The van der Waals surface area contributed by atoms with Gasteiger partial charge in [-0.2, -0.15) is 0 Å². The lowest BCUT2D eigenvalue weighted by molar-refractivity contribution is 0.0224. The number of hydrogen-bond donors (Lipinski definition) is 2. The first-order valence-electron chi connectivity index (χ1n) is 10.8. The van der Waals surface area contributed by atoms with Crippen LogP contribution < -0.4 is 5.32 Å². The Labute approximate surface area is 193 Å². The third-order valence-electron chi connectivity index (χ3n) is 5.98. The summed E-state index contributed by atoms with van der Waals surface area (Å²) in [6, 6.07) is 6.30. The third-order valence-corrected chi connectivity index (χ3v) is 6.79. The average Bonchev–Trinajstić information content (AvgIpc) is 3.30. The standard InChI is InChI=1S/C22H26FN5O4S/c1-13-9-15(3-4-17(13)23)12-24-22(29)20-10-18(25-14(2)26-20)19-11-21(32-27-19)16-5-7-28(8-6-16)33(30)31/h3-4,9-10,16,21H,5-8,11-12H2,1-2H3,(H,24,29)(H,30,31). The predicted molar refractivity (Wildman–Crippen MR) is 120 cm³/mol. The minimum atomic E-state index is -1.94. The maximum atomic E-state index is 13.4. The van der Waals surface area contributed by atoms with Crippen molar-refractivity contribution in [3.63, 3.8) is 0 Å². The smallest absolute Gasteiger partial charge is 0.270 e. The Morgan fingerprint density at radius 1 is 1.27 bits per heavy atom. The molecule has 2 N–H and O–H groups in total. The maximum Gasteiger partial charge on any atom is 0.270 e. The number of aromatic nitrogens is 2. The fourth-order valence-electron chi connectivity index (χ4n) is 4.13. The molecule has 3 heterocycles. The highest BCUT2D eigenvalue weighted by molar-refractivity contribution is 7.76. The number of carbonyl (C=O) groups is 1. The predicted octanol–water partition coefficient (Wildman–Crippen LogP) is 2.50. The Balaban J connectivity index is 1.38. The molecule has 2 atom stereocenters. The molecule has 0 spiro atoms. The minimum absolute atomic E-state index is 0.122. The number of halogens is 1. The van der Waals surface area contributed by atoms with Gasteiger partial charge in [0.2, 0.25) is 11.3 Å². The second kappa shape index (κ2) is 10.0. The summed E-state index contributed by atoms with van der Waals surface area (Å²) >= 11 is -1.94. The van der Waals surface area contributed by atoms with E-state index in [-0.39, 0.29) is 36.0 Å². The van der Waals surface area contributed by atoms with Gasteiger partial charge >= 0.3 is 0 Å². The number of aryl methyl sites for hydroxylation is 2. The van der Waals surface area contributed by atoms with Crippen LogP contribution in [0.3, 0.4) is 0 Å². The Morgan fingerprint density at radius 3 is 2.73 bits per heavy atom. The molecule has 2 unspecified atom stereocenters. The van der Waals surface area contributed by atoms with E-state index in [0.717, 1.165) is 18.4 Å². The van der Waals surface area contributed by atoms with Gasteiger partial charge in [-0.25, -0.2) is 22.9 Å². The molecule has 1 fully saturated rings. The minimum Gasteiger partial charge on any atom is -0.391 e. The number of carbonyl (C=O) groups excluding carboxylic acids is 1. The summed E-state index contributed by atoms with van der Waals surface area (Å²) in [5.74, 6) is 0.0353. The largest absolute Gasteiger partial charge is 0.391 e. The van der Waals surface area contributed by atoms with E-state index in [9.17, 15) is 17.9 Å². The Kier molecular flexibility index (Phi) is 7.11. The summed E-state index contributed by atoms with van der Waals surface area (Å²) < 4.78 is 35.4. The van der Waals surface area contributed by atoms with Gasteiger partial charge in [-0.3, -0.25) is 9.35 Å². The monoisotopic (exact) mass is 475 g/mol. The van der Waals surface area contributed by atoms with Crippen LogP contribution >= 0.6 is 0 Å². The molecule has 2 aliphatic heterocycles. The van der Waals surface area contributed by atoms with Gasteiger partial charge in [0.15, 0.2) is 0 Å². The maximum absolute atomic E-state index is 13.4. The molecule has 176 valence electrons. The highest BCUT2D eigenvalue weighted by atomic mass is 32.2.